The van der Waals surface area contributed by atoms with Gasteiger partial charge >= 0.3 is 0 Å². The van der Waals surface area contributed by atoms with E-state index in [-0.39, 0.29) is 0 Å². The lowest BCUT2D eigenvalue weighted by molar-refractivity contribution is 0.965. The largest absolute Gasteiger partial charge is 0.365 e. The molecule has 6 nitrogen and oxygen atoms in total. The number of nitrogens with one attached hydrogen (secondary N) is 2. The Morgan fingerprint density at radius 3 is 2.77 bits per heavy atom. The van der Waals surface area contributed by atoms with Crippen molar-refractivity contribution in [2.75, 3.05) is 10.6 Å². The summed E-state index contributed by atoms with van der Waals surface area (Å²) in [4.78, 5) is 8.34. The van der Waals surface area contributed by atoms with Gasteiger partial charge in [-0.05, 0) is 35.9 Å². The summed E-state index contributed by atoms with van der Waals surface area (Å²) in [5.74, 6) is 1.04. The zero-order valence-corrected chi connectivity index (χ0v) is 12.3. The molecular formula is C15H13ClN6. The number of hydrogen-bond donors (Lipinski definition) is 2. The first-order chi connectivity index (χ1) is 10.8. The van der Waals surface area contributed by atoms with Crippen molar-refractivity contribution in [2.45, 2.75) is 6.54 Å². The van der Waals surface area contributed by atoms with Crippen LogP contribution in [0, 0.1) is 0 Å². The zero-order valence-electron chi connectivity index (χ0n) is 11.6. The minimum Gasteiger partial charge on any atom is -0.365 e. The van der Waals surface area contributed by atoms with Crippen LogP contribution in [-0.4, -0.2) is 20.2 Å². The summed E-state index contributed by atoms with van der Waals surface area (Å²) in [7, 11) is 0. The highest BCUT2D eigenvalue weighted by Crippen LogP contribution is 2.18. The van der Waals surface area contributed by atoms with E-state index in [1.165, 1.54) is 0 Å². The van der Waals surface area contributed by atoms with E-state index in [1.54, 1.807) is 30.7 Å². The van der Waals surface area contributed by atoms with Gasteiger partial charge in [-0.15, -0.1) is 5.10 Å². The van der Waals surface area contributed by atoms with E-state index in [4.69, 9.17) is 11.6 Å². The Morgan fingerprint density at radius 2 is 1.95 bits per heavy atom. The average molecular weight is 313 g/mol. The lowest BCUT2D eigenvalue weighted by atomic mass is 10.3. The molecule has 2 heterocycles. The highest BCUT2D eigenvalue weighted by molar-refractivity contribution is 6.30. The standard InChI is InChI=1S/C15H13ClN6/c16-12-2-1-3-13(8-12)20-15-21-14(10-19-22-15)18-9-11-4-6-17-7-5-11/h1-8,10H,9H2,(H2,18,20,21,22). The minimum atomic E-state index is 0.405. The van der Waals surface area contributed by atoms with Gasteiger partial charge in [-0.3, -0.25) is 4.98 Å². The molecule has 22 heavy (non-hydrogen) atoms. The highest BCUT2D eigenvalue weighted by atomic mass is 35.5. The number of nitrogens with zero attached hydrogens (tertiary/aromatic N) is 4. The third-order valence-electron chi connectivity index (χ3n) is 2.86. The Hall–Kier alpha value is -2.73. The molecule has 1 aromatic carbocycles. The van der Waals surface area contributed by atoms with E-state index < -0.39 is 0 Å². The maximum Gasteiger partial charge on any atom is 0.249 e. The van der Waals surface area contributed by atoms with Crippen molar-refractivity contribution < 1.29 is 0 Å². The third-order valence-corrected chi connectivity index (χ3v) is 3.10. The molecule has 0 aliphatic rings. The third kappa shape index (κ3) is 3.89. The summed E-state index contributed by atoms with van der Waals surface area (Å²) in [6.07, 6.45) is 5.08. The van der Waals surface area contributed by atoms with Crippen molar-refractivity contribution in [1.29, 1.82) is 0 Å². The van der Waals surface area contributed by atoms with Crippen LogP contribution in [0.15, 0.2) is 55.0 Å². The fourth-order valence-corrected chi connectivity index (χ4v) is 2.02. The molecule has 0 saturated carbocycles. The summed E-state index contributed by atoms with van der Waals surface area (Å²) in [6, 6.07) is 11.2. The molecule has 0 spiro atoms. The number of pyridine rings is 1. The van der Waals surface area contributed by atoms with Crippen LogP contribution in [-0.2, 0) is 6.54 Å². The van der Waals surface area contributed by atoms with Crippen molar-refractivity contribution in [3.8, 4) is 0 Å². The predicted octanol–water partition coefficient (Wildman–Crippen LogP) is 3.28. The molecule has 2 aromatic heterocycles. The van der Waals surface area contributed by atoms with Crippen LogP contribution in [0.5, 0.6) is 0 Å². The Labute approximate surface area is 132 Å². The molecule has 0 saturated heterocycles. The van der Waals surface area contributed by atoms with Gasteiger partial charge in [-0.1, -0.05) is 17.7 Å². The SMILES string of the molecule is Clc1cccc(Nc2nncc(NCc3ccncc3)n2)c1. The minimum absolute atomic E-state index is 0.405. The maximum absolute atomic E-state index is 5.95. The molecule has 0 radical (unpaired) electrons. The Kier molecular flexibility index (Phi) is 4.41. The monoisotopic (exact) mass is 312 g/mol. The molecule has 0 bridgehead atoms. The lowest BCUT2D eigenvalue weighted by Crippen LogP contribution is -2.05. The van der Waals surface area contributed by atoms with Crippen LogP contribution in [0.25, 0.3) is 0 Å². The summed E-state index contributed by atoms with van der Waals surface area (Å²) in [5, 5.41) is 14.8. The summed E-state index contributed by atoms with van der Waals surface area (Å²) >= 11 is 5.95. The van der Waals surface area contributed by atoms with Crippen LogP contribution in [0.3, 0.4) is 0 Å². The fourth-order valence-electron chi connectivity index (χ4n) is 1.83. The molecule has 3 aromatic rings. The average Bonchev–Trinajstić information content (AvgIpc) is 2.54. The Bertz CT molecular complexity index is 750. The van der Waals surface area contributed by atoms with Gasteiger partial charge in [0.1, 0.15) is 0 Å². The van der Waals surface area contributed by atoms with Crippen LogP contribution in [0.4, 0.5) is 17.5 Å². The summed E-state index contributed by atoms with van der Waals surface area (Å²) < 4.78 is 0. The van der Waals surface area contributed by atoms with Crippen LogP contribution in [0.2, 0.25) is 5.02 Å². The molecule has 0 atom stereocenters. The van der Waals surface area contributed by atoms with E-state index in [1.807, 2.05) is 24.3 Å². The Morgan fingerprint density at radius 1 is 1.09 bits per heavy atom. The zero-order chi connectivity index (χ0) is 15.2. The van der Waals surface area contributed by atoms with Crippen LogP contribution < -0.4 is 10.6 Å². The number of anilines is 3. The lowest BCUT2D eigenvalue weighted by Gasteiger charge is -2.07. The second-order valence-corrected chi connectivity index (χ2v) is 4.95. The molecule has 0 fully saturated rings. The maximum atomic E-state index is 5.95. The molecule has 7 heteroatoms. The van der Waals surface area contributed by atoms with Crippen molar-refractivity contribution >= 4 is 29.1 Å². The number of aromatic nitrogens is 4. The quantitative estimate of drug-likeness (QED) is 0.753. The first kappa shape index (κ1) is 14.2. The summed E-state index contributed by atoms with van der Waals surface area (Å²) in [5.41, 5.74) is 1.92. The molecular weight excluding hydrogens is 300 g/mol. The van der Waals surface area contributed by atoms with Gasteiger partial charge in [0.2, 0.25) is 5.95 Å². The molecule has 2 N–H and O–H groups in total. The number of benzene rings is 1. The second kappa shape index (κ2) is 6.82. The van der Waals surface area contributed by atoms with Crippen molar-refractivity contribution in [2.24, 2.45) is 0 Å². The highest BCUT2D eigenvalue weighted by Gasteiger charge is 2.02. The van der Waals surface area contributed by atoms with Gasteiger partial charge in [0.05, 0.1) is 6.20 Å². The van der Waals surface area contributed by atoms with E-state index in [9.17, 15) is 0 Å². The van der Waals surface area contributed by atoms with Gasteiger partial charge in [0, 0.05) is 29.6 Å². The fraction of sp³-hybridized carbons (Fsp3) is 0.0667. The molecule has 0 amide bonds. The van der Waals surface area contributed by atoms with E-state index in [0.29, 0.717) is 23.3 Å². The van der Waals surface area contributed by atoms with Crippen molar-refractivity contribution in [3.63, 3.8) is 0 Å². The first-order valence-corrected chi connectivity index (χ1v) is 7.02. The number of rotatable bonds is 5. The molecule has 3 rings (SSSR count). The van der Waals surface area contributed by atoms with Crippen molar-refractivity contribution in [3.05, 3.63) is 65.6 Å². The molecule has 0 unspecified atom stereocenters. The van der Waals surface area contributed by atoms with Gasteiger partial charge in [0.25, 0.3) is 0 Å². The topological polar surface area (TPSA) is 75.6 Å². The van der Waals surface area contributed by atoms with Gasteiger partial charge < -0.3 is 10.6 Å². The van der Waals surface area contributed by atoms with Gasteiger partial charge in [0.15, 0.2) is 5.82 Å². The van der Waals surface area contributed by atoms with E-state index >= 15 is 0 Å². The molecule has 110 valence electrons. The molecule has 0 aliphatic heterocycles. The van der Waals surface area contributed by atoms with Crippen molar-refractivity contribution in [1.82, 2.24) is 20.2 Å². The number of halogens is 1. The van der Waals surface area contributed by atoms with Crippen LogP contribution in [0.1, 0.15) is 5.56 Å². The van der Waals surface area contributed by atoms with E-state index in [2.05, 4.69) is 30.8 Å². The number of hydrogen-bond acceptors (Lipinski definition) is 6. The predicted molar refractivity (Wildman–Crippen MR) is 86.1 cm³/mol. The second-order valence-electron chi connectivity index (χ2n) is 4.51. The van der Waals surface area contributed by atoms with Gasteiger partial charge in [-0.25, -0.2) is 0 Å². The van der Waals surface area contributed by atoms with Gasteiger partial charge in [-0.2, -0.15) is 10.1 Å². The van der Waals surface area contributed by atoms with E-state index in [0.717, 1.165) is 11.3 Å². The van der Waals surface area contributed by atoms with Crippen LogP contribution >= 0.6 is 11.6 Å². The first-order valence-electron chi connectivity index (χ1n) is 6.65. The molecule has 0 aliphatic carbocycles. The normalized spacial score (nSPS) is 10.2. The smallest absolute Gasteiger partial charge is 0.249 e. The summed E-state index contributed by atoms with van der Waals surface area (Å²) in [6.45, 7) is 0.637. The Balaban J connectivity index is 1.67.